The summed E-state index contributed by atoms with van der Waals surface area (Å²) in [6, 6.07) is 8.13. The van der Waals surface area contributed by atoms with Gasteiger partial charge in [0.1, 0.15) is 21.6 Å². The van der Waals surface area contributed by atoms with Crippen LogP contribution in [0.4, 0.5) is 0 Å². The van der Waals surface area contributed by atoms with Crippen LogP contribution >= 0.6 is 11.3 Å². The van der Waals surface area contributed by atoms with E-state index < -0.39 is 39.7 Å². The van der Waals surface area contributed by atoms with Crippen molar-refractivity contribution in [1.29, 1.82) is 0 Å². The Labute approximate surface area is 225 Å². The molecule has 4 rings (SSSR count). The Hall–Kier alpha value is -3.22. The number of hydrogen-bond acceptors (Lipinski definition) is 8. The standard InChI is InChI=1S/C26H31N3O7S2/c1-16(2)12-20(28-26(32)23-14-17-13-18(35-3)8-9-22(17)36-23)25(31)27-19-6-4-10-29(15-21(19)30)38(33,34)24-7-5-11-37-24/h5,7-9,11,13-14,16,19-20H,4,6,10,12,15H2,1-3H3,(H,27,31)(H,28,32)/t19?,20-/m0/s1. The van der Waals surface area contributed by atoms with Gasteiger partial charge in [-0.1, -0.05) is 19.9 Å². The molecule has 204 valence electrons. The minimum Gasteiger partial charge on any atom is -0.497 e. The molecule has 2 amide bonds. The Balaban J connectivity index is 1.44. The molecule has 2 atom stereocenters. The zero-order chi connectivity index (χ0) is 27.4. The Morgan fingerprint density at radius 2 is 2.03 bits per heavy atom. The number of sulfonamides is 1. The zero-order valence-corrected chi connectivity index (χ0v) is 23.1. The maximum Gasteiger partial charge on any atom is 0.287 e. The van der Waals surface area contributed by atoms with Crippen molar-refractivity contribution >= 4 is 49.9 Å². The van der Waals surface area contributed by atoms with Crippen LogP contribution in [0.5, 0.6) is 5.75 Å². The van der Waals surface area contributed by atoms with E-state index >= 15 is 0 Å². The summed E-state index contributed by atoms with van der Waals surface area (Å²) < 4.78 is 38.0. The number of fused-ring (bicyclic) bond motifs is 1. The smallest absolute Gasteiger partial charge is 0.287 e. The first-order valence-corrected chi connectivity index (χ1v) is 14.7. The number of furan rings is 1. The minimum atomic E-state index is -3.78. The Bertz CT molecular complexity index is 1410. The molecule has 0 radical (unpaired) electrons. The lowest BCUT2D eigenvalue weighted by atomic mass is 10.0. The highest BCUT2D eigenvalue weighted by Gasteiger charge is 2.35. The predicted molar refractivity (Wildman–Crippen MR) is 143 cm³/mol. The summed E-state index contributed by atoms with van der Waals surface area (Å²) in [6.07, 6.45) is 1.05. The number of nitrogens with one attached hydrogen (secondary N) is 2. The molecule has 1 aromatic carbocycles. The van der Waals surface area contributed by atoms with Crippen LogP contribution < -0.4 is 15.4 Å². The number of benzene rings is 1. The molecule has 2 aromatic heterocycles. The van der Waals surface area contributed by atoms with Crippen molar-refractivity contribution in [3.8, 4) is 5.75 Å². The van der Waals surface area contributed by atoms with Gasteiger partial charge in [-0.15, -0.1) is 11.3 Å². The third kappa shape index (κ3) is 6.25. The molecule has 1 fully saturated rings. The molecule has 1 unspecified atom stereocenters. The second kappa shape index (κ2) is 11.7. The lowest BCUT2D eigenvalue weighted by molar-refractivity contribution is -0.129. The van der Waals surface area contributed by atoms with E-state index in [9.17, 15) is 22.8 Å². The van der Waals surface area contributed by atoms with Crippen molar-refractivity contribution in [2.75, 3.05) is 20.2 Å². The molecule has 1 saturated heterocycles. The molecule has 3 heterocycles. The quantitative estimate of drug-likeness (QED) is 0.410. The van der Waals surface area contributed by atoms with E-state index in [0.29, 0.717) is 36.0 Å². The number of ether oxygens (including phenoxy) is 1. The van der Waals surface area contributed by atoms with E-state index in [-0.39, 0.29) is 29.0 Å². The van der Waals surface area contributed by atoms with Gasteiger partial charge in [0.2, 0.25) is 5.91 Å². The number of Topliss-reactive ketones (excluding diaryl/α,β-unsaturated/α-hetero) is 1. The summed E-state index contributed by atoms with van der Waals surface area (Å²) in [5.74, 6) is -0.704. The highest BCUT2D eigenvalue weighted by Crippen LogP contribution is 2.25. The first kappa shape index (κ1) is 27.8. The molecule has 0 aliphatic carbocycles. The fraction of sp³-hybridized carbons (Fsp3) is 0.423. The Kier molecular flexibility index (Phi) is 8.54. The summed E-state index contributed by atoms with van der Waals surface area (Å²) in [5.41, 5.74) is 0.506. The zero-order valence-electron chi connectivity index (χ0n) is 21.4. The molecule has 3 aromatic rings. The Morgan fingerprint density at radius 1 is 1.24 bits per heavy atom. The maximum atomic E-state index is 13.2. The first-order valence-electron chi connectivity index (χ1n) is 12.3. The van der Waals surface area contributed by atoms with Gasteiger partial charge >= 0.3 is 0 Å². The number of carbonyl (C=O) groups excluding carboxylic acids is 3. The number of rotatable bonds is 9. The summed E-state index contributed by atoms with van der Waals surface area (Å²) in [5, 5.41) is 7.84. The van der Waals surface area contributed by atoms with E-state index in [1.54, 1.807) is 42.8 Å². The Morgan fingerprint density at radius 3 is 2.71 bits per heavy atom. The molecular formula is C26H31N3O7S2. The molecular weight excluding hydrogens is 530 g/mol. The topological polar surface area (TPSA) is 135 Å². The third-order valence-electron chi connectivity index (χ3n) is 6.30. The predicted octanol–water partition coefficient (Wildman–Crippen LogP) is 3.19. The van der Waals surface area contributed by atoms with Crippen molar-refractivity contribution in [1.82, 2.24) is 14.9 Å². The summed E-state index contributed by atoms with van der Waals surface area (Å²) in [6.45, 7) is 3.70. The number of amides is 2. The number of thiophene rings is 1. The normalized spacial score (nSPS) is 17.8. The van der Waals surface area contributed by atoms with Gasteiger partial charge in [0.15, 0.2) is 11.5 Å². The van der Waals surface area contributed by atoms with Crippen LogP contribution in [0.1, 0.15) is 43.7 Å². The molecule has 1 aliphatic heterocycles. The summed E-state index contributed by atoms with van der Waals surface area (Å²) in [4.78, 5) is 39.2. The van der Waals surface area contributed by atoms with Gasteiger partial charge in [-0.3, -0.25) is 14.4 Å². The number of ketones is 1. The summed E-state index contributed by atoms with van der Waals surface area (Å²) in [7, 11) is -2.23. The lowest BCUT2D eigenvalue weighted by Crippen LogP contribution is -2.52. The van der Waals surface area contributed by atoms with Crippen LogP contribution in [-0.2, 0) is 19.6 Å². The van der Waals surface area contributed by atoms with Crippen molar-refractivity contribution in [3.05, 3.63) is 47.5 Å². The minimum absolute atomic E-state index is 0.0507. The van der Waals surface area contributed by atoms with E-state index in [0.717, 1.165) is 15.6 Å². The van der Waals surface area contributed by atoms with Gasteiger partial charge in [0, 0.05) is 11.9 Å². The van der Waals surface area contributed by atoms with E-state index in [2.05, 4.69) is 10.6 Å². The second-order valence-electron chi connectivity index (χ2n) is 9.61. The second-order valence-corrected chi connectivity index (χ2v) is 12.7. The van der Waals surface area contributed by atoms with Crippen LogP contribution in [0.3, 0.4) is 0 Å². The highest BCUT2D eigenvalue weighted by atomic mass is 32.2. The van der Waals surface area contributed by atoms with Crippen LogP contribution in [-0.4, -0.2) is 62.6 Å². The van der Waals surface area contributed by atoms with Gasteiger partial charge in [-0.25, -0.2) is 8.42 Å². The van der Waals surface area contributed by atoms with Gasteiger partial charge in [-0.2, -0.15) is 4.31 Å². The van der Waals surface area contributed by atoms with E-state index in [1.807, 2.05) is 13.8 Å². The molecule has 10 nitrogen and oxygen atoms in total. The molecule has 0 spiro atoms. The fourth-order valence-electron chi connectivity index (χ4n) is 4.36. The van der Waals surface area contributed by atoms with Crippen molar-refractivity contribution < 1.29 is 32.0 Å². The van der Waals surface area contributed by atoms with Crippen molar-refractivity contribution in [3.63, 3.8) is 0 Å². The molecule has 12 heteroatoms. The van der Waals surface area contributed by atoms with Gasteiger partial charge in [0.05, 0.1) is 19.7 Å². The van der Waals surface area contributed by atoms with Gasteiger partial charge in [-0.05, 0) is 60.9 Å². The van der Waals surface area contributed by atoms with Gasteiger partial charge < -0.3 is 19.8 Å². The molecule has 2 N–H and O–H groups in total. The molecule has 38 heavy (non-hydrogen) atoms. The number of carbonyl (C=O) groups is 3. The largest absolute Gasteiger partial charge is 0.497 e. The fourth-order valence-corrected chi connectivity index (χ4v) is 6.95. The van der Waals surface area contributed by atoms with Crippen LogP contribution in [0.25, 0.3) is 11.0 Å². The lowest BCUT2D eigenvalue weighted by Gasteiger charge is -2.23. The van der Waals surface area contributed by atoms with Crippen LogP contribution in [0.15, 0.2) is 50.4 Å². The monoisotopic (exact) mass is 561 g/mol. The highest BCUT2D eigenvalue weighted by molar-refractivity contribution is 7.91. The van der Waals surface area contributed by atoms with E-state index in [1.165, 1.54) is 6.07 Å². The van der Waals surface area contributed by atoms with Gasteiger partial charge in [0.25, 0.3) is 15.9 Å². The maximum absolute atomic E-state index is 13.2. The molecule has 0 saturated carbocycles. The van der Waals surface area contributed by atoms with Crippen molar-refractivity contribution in [2.24, 2.45) is 5.92 Å². The first-order chi connectivity index (χ1) is 18.1. The molecule has 1 aliphatic rings. The van der Waals surface area contributed by atoms with Crippen LogP contribution in [0.2, 0.25) is 0 Å². The summed E-state index contributed by atoms with van der Waals surface area (Å²) >= 11 is 1.09. The van der Waals surface area contributed by atoms with Crippen molar-refractivity contribution in [2.45, 2.75) is 49.4 Å². The third-order valence-corrected chi connectivity index (χ3v) is 9.52. The van der Waals surface area contributed by atoms with Crippen LogP contribution in [0, 0.1) is 5.92 Å². The number of methoxy groups -OCH3 is 1. The average Bonchev–Trinajstić information content (AvgIpc) is 3.53. The average molecular weight is 562 g/mol. The molecule has 0 bridgehead atoms. The number of hydrogen-bond donors (Lipinski definition) is 2. The SMILES string of the molecule is COc1ccc2oc(C(=O)N[C@@H](CC(C)C)C(=O)NC3CCCN(S(=O)(=O)c4cccs4)CC3=O)cc2c1. The van der Waals surface area contributed by atoms with E-state index in [4.69, 9.17) is 9.15 Å². The number of nitrogens with zero attached hydrogens (tertiary/aromatic N) is 1.